The van der Waals surface area contributed by atoms with Crippen LogP contribution in [0.3, 0.4) is 0 Å². The van der Waals surface area contributed by atoms with E-state index in [2.05, 4.69) is 45.3 Å². The topological polar surface area (TPSA) is 38.1 Å². The molecule has 0 spiro atoms. The summed E-state index contributed by atoms with van der Waals surface area (Å²) in [6, 6.07) is 12.4. The van der Waals surface area contributed by atoms with Gasteiger partial charge in [-0.3, -0.25) is 4.98 Å². The number of para-hydroxylation sites is 1. The van der Waals surface area contributed by atoms with Crippen molar-refractivity contribution < 1.29 is 4.42 Å². The lowest BCUT2D eigenvalue weighted by Crippen LogP contribution is -2.22. The largest absolute Gasteiger partial charge is 0.457 e. The van der Waals surface area contributed by atoms with Gasteiger partial charge >= 0.3 is 0 Å². The van der Waals surface area contributed by atoms with Gasteiger partial charge in [0.05, 0.1) is 17.8 Å². The SMILES string of the molecule is CCNC(c1cnc2ccccc2c1)c1ccoc1Br. The molecule has 0 amide bonds. The predicted molar refractivity (Wildman–Crippen MR) is 83.7 cm³/mol. The van der Waals surface area contributed by atoms with Gasteiger partial charge in [0.1, 0.15) is 0 Å². The van der Waals surface area contributed by atoms with Gasteiger partial charge in [-0.05, 0) is 46.2 Å². The number of furan rings is 1. The molecule has 4 heteroatoms. The van der Waals surface area contributed by atoms with Crippen molar-refractivity contribution >= 4 is 26.8 Å². The van der Waals surface area contributed by atoms with Gasteiger partial charge in [0.2, 0.25) is 0 Å². The number of hydrogen-bond acceptors (Lipinski definition) is 3. The minimum atomic E-state index is 0.0743. The van der Waals surface area contributed by atoms with Crippen LogP contribution in [0, 0.1) is 0 Å². The van der Waals surface area contributed by atoms with Gasteiger partial charge in [0.25, 0.3) is 0 Å². The third kappa shape index (κ3) is 2.49. The van der Waals surface area contributed by atoms with Gasteiger partial charge in [-0.25, -0.2) is 0 Å². The first kappa shape index (κ1) is 13.3. The summed E-state index contributed by atoms with van der Waals surface area (Å²) in [4.78, 5) is 4.54. The van der Waals surface area contributed by atoms with E-state index < -0.39 is 0 Å². The molecular weight excluding hydrogens is 316 g/mol. The summed E-state index contributed by atoms with van der Waals surface area (Å²) < 4.78 is 6.12. The Bertz CT molecular complexity index is 723. The van der Waals surface area contributed by atoms with Gasteiger partial charge in [0, 0.05) is 17.1 Å². The molecule has 0 aliphatic heterocycles. The molecule has 2 aromatic heterocycles. The van der Waals surface area contributed by atoms with Crippen LogP contribution >= 0.6 is 15.9 Å². The van der Waals surface area contributed by atoms with Crippen LogP contribution in [0.15, 0.2) is 57.9 Å². The van der Waals surface area contributed by atoms with E-state index in [0.717, 1.165) is 33.2 Å². The highest BCUT2D eigenvalue weighted by atomic mass is 79.9. The lowest BCUT2D eigenvalue weighted by atomic mass is 10.0. The zero-order chi connectivity index (χ0) is 13.9. The molecule has 102 valence electrons. The number of nitrogens with zero attached hydrogens (tertiary/aromatic N) is 1. The normalized spacial score (nSPS) is 12.7. The maximum atomic E-state index is 5.36. The van der Waals surface area contributed by atoms with Gasteiger partial charge < -0.3 is 9.73 Å². The number of benzene rings is 1. The Morgan fingerprint density at radius 1 is 1.30 bits per heavy atom. The highest BCUT2D eigenvalue weighted by Crippen LogP contribution is 2.30. The summed E-state index contributed by atoms with van der Waals surface area (Å²) in [5.41, 5.74) is 3.23. The van der Waals surface area contributed by atoms with Crippen LogP contribution in [0.1, 0.15) is 24.1 Å². The summed E-state index contributed by atoms with van der Waals surface area (Å²) in [6.07, 6.45) is 3.62. The molecule has 0 saturated carbocycles. The second kappa shape index (κ2) is 5.77. The molecule has 1 unspecified atom stereocenters. The Morgan fingerprint density at radius 3 is 2.90 bits per heavy atom. The van der Waals surface area contributed by atoms with Crippen LogP contribution in [0.4, 0.5) is 0 Å². The molecule has 1 atom stereocenters. The number of nitrogens with one attached hydrogen (secondary N) is 1. The van der Waals surface area contributed by atoms with Gasteiger partial charge in [-0.15, -0.1) is 0 Å². The molecule has 0 radical (unpaired) electrons. The van der Waals surface area contributed by atoms with Crippen molar-refractivity contribution in [3.8, 4) is 0 Å². The van der Waals surface area contributed by atoms with Crippen LogP contribution in [-0.4, -0.2) is 11.5 Å². The third-order valence-corrected chi connectivity index (χ3v) is 3.96. The van der Waals surface area contributed by atoms with E-state index in [1.807, 2.05) is 30.5 Å². The molecule has 2 heterocycles. The fourth-order valence-electron chi connectivity index (χ4n) is 2.37. The molecule has 0 bridgehead atoms. The maximum Gasteiger partial charge on any atom is 0.174 e. The highest BCUT2D eigenvalue weighted by molar-refractivity contribution is 9.10. The Labute approximate surface area is 126 Å². The molecule has 3 rings (SSSR count). The number of pyridine rings is 1. The summed E-state index contributed by atoms with van der Waals surface area (Å²) in [6.45, 7) is 2.96. The van der Waals surface area contributed by atoms with Crippen LogP contribution < -0.4 is 5.32 Å². The maximum absolute atomic E-state index is 5.36. The smallest absolute Gasteiger partial charge is 0.174 e. The van der Waals surface area contributed by atoms with E-state index in [0.29, 0.717) is 0 Å². The zero-order valence-electron chi connectivity index (χ0n) is 11.1. The molecular formula is C16H15BrN2O. The van der Waals surface area contributed by atoms with Crippen molar-refractivity contribution in [3.05, 3.63) is 64.7 Å². The lowest BCUT2D eigenvalue weighted by Gasteiger charge is -2.17. The van der Waals surface area contributed by atoms with Crippen molar-refractivity contribution in [2.45, 2.75) is 13.0 Å². The van der Waals surface area contributed by atoms with E-state index in [4.69, 9.17) is 4.42 Å². The number of rotatable bonds is 4. The van der Waals surface area contributed by atoms with Crippen molar-refractivity contribution in [2.24, 2.45) is 0 Å². The molecule has 3 nitrogen and oxygen atoms in total. The van der Waals surface area contributed by atoms with Crippen molar-refractivity contribution in [1.29, 1.82) is 0 Å². The minimum absolute atomic E-state index is 0.0743. The van der Waals surface area contributed by atoms with E-state index in [1.54, 1.807) is 6.26 Å². The van der Waals surface area contributed by atoms with Crippen LogP contribution in [0.25, 0.3) is 10.9 Å². The van der Waals surface area contributed by atoms with Crippen LogP contribution in [-0.2, 0) is 0 Å². The first-order valence-electron chi connectivity index (χ1n) is 6.60. The van der Waals surface area contributed by atoms with E-state index in [9.17, 15) is 0 Å². The standard InChI is InChI=1S/C16H15BrN2O/c1-2-18-15(13-7-8-20-16(13)17)12-9-11-5-3-4-6-14(11)19-10-12/h3-10,15,18H,2H2,1H3. The lowest BCUT2D eigenvalue weighted by molar-refractivity contribution is 0.526. The van der Waals surface area contributed by atoms with Crippen molar-refractivity contribution in [3.63, 3.8) is 0 Å². The van der Waals surface area contributed by atoms with Crippen LogP contribution in [0.2, 0.25) is 0 Å². The fraction of sp³-hybridized carbons (Fsp3) is 0.188. The highest BCUT2D eigenvalue weighted by Gasteiger charge is 2.18. The molecule has 1 N–H and O–H groups in total. The Kier molecular flexibility index (Phi) is 3.85. The third-order valence-electron chi connectivity index (χ3n) is 3.31. The number of halogens is 1. The monoisotopic (exact) mass is 330 g/mol. The minimum Gasteiger partial charge on any atom is -0.457 e. The van der Waals surface area contributed by atoms with Crippen molar-refractivity contribution in [2.75, 3.05) is 6.54 Å². The Hall–Kier alpha value is -1.65. The van der Waals surface area contributed by atoms with Gasteiger partial charge in [0.15, 0.2) is 4.67 Å². The first-order valence-corrected chi connectivity index (χ1v) is 7.40. The van der Waals surface area contributed by atoms with E-state index in [1.165, 1.54) is 0 Å². The second-order valence-corrected chi connectivity index (χ2v) is 5.32. The van der Waals surface area contributed by atoms with E-state index >= 15 is 0 Å². The number of fused-ring (bicyclic) bond motifs is 1. The van der Waals surface area contributed by atoms with Gasteiger partial charge in [-0.2, -0.15) is 0 Å². The summed E-state index contributed by atoms with van der Waals surface area (Å²) >= 11 is 3.46. The van der Waals surface area contributed by atoms with Crippen LogP contribution in [0.5, 0.6) is 0 Å². The molecule has 0 aliphatic rings. The van der Waals surface area contributed by atoms with Gasteiger partial charge in [-0.1, -0.05) is 25.1 Å². The first-order chi connectivity index (χ1) is 9.79. The number of aromatic nitrogens is 1. The summed E-state index contributed by atoms with van der Waals surface area (Å²) in [5.74, 6) is 0. The molecule has 0 fully saturated rings. The average Bonchev–Trinajstić information content (AvgIpc) is 2.90. The molecule has 3 aromatic rings. The second-order valence-electron chi connectivity index (χ2n) is 4.60. The Morgan fingerprint density at radius 2 is 2.15 bits per heavy atom. The zero-order valence-corrected chi connectivity index (χ0v) is 12.7. The molecule has 1 aromatic carbocycles. The molecule has 0 saturated heterocycles. The molecule has 20 heavy (non-hydrogen) atoms. The predicted octanol–water partition coefficient (Wildman–Crippen LogP) is 4.29. The summed E-state index contributed by atoms with van der Waals surface area (Å²) in [5, 5.41) is 4.62. The number of hydrogen-bond donors (Lipinski definition) is 1. The fourth-order valence-corrected chi connectivity index (χ4v) is 2.84. The van der Waals surface area contributed by atoms with Crippen molar-refractivity contribution in [1.82, 2.24) is 10.3 Å². The summed E-state index contributed by atoms with van der Waals surface area (Å²) in [7, 11) is 0. The average molecular weight is 331 g/mol. The van der Waals surface area contributed by atoms with E-state index in [-0.39, 0.29) is 6.04 Å². The quantitative estimate of drug-likeness (QED) is 0.775. The molecule has 0 aliphatic carbocycles. The Balaban J connectivity index is 2.07.